The molecule has 0 aliphatic rings. The Morgan fingerprint density at radius 3 is 2.74 bits per heavy atom. The number of carbonyl (C=O) groups is 1. The molecule has 0 aliphatic carbocycles. The minimum Gasteiger partial charge on any atom is -0.450 e. The Kier molecular flexibility index (Phi) is 5.38. The molecule has 124 valence electrons. The third-order valence-corrected chi connectivity index (χ3v) is 4.32. The number of hydrogen-bond acceptors (Lipinski definition) is 5. The number of aromatic nitrogens is 1. The molecule has 2 rings (SSSR count). The lowest BCUT2D eigenvalue weighted by molar-refractivity contribution is 0.152. The summed E-state index contributed by atoms with van der Waals surface area (Å²) in [7, 11) is -3.52. The van der Waals surface area contributed by atoms with Gasteiger partial charge in [0.15, 0.2) is 0 Å². The number of pyridine rings is 1. The predicted molar refractivity (Wildman–Crippen MR) is 89.0 cm³/mol. The summed E-state index contributed by atoms with van der Waals surface area (Å²) < 4.78 is 30.2. The number of nitrogens with one attached hydrogen (secondary N) is 1. The molecule has 0 radical (unpaired) electrons. The van der Waals surface area contributed by atoms with Crippen molar-refractivity contribution in [3.8, 4) is 0 Å². The highest BCUT2D eigenvalue weighted by atomic mass is 32.2. The van der Waals surface area contributed by atoms with Crippen molar-refractivity contribution in [3.63, 3.8) is 0 Å². The van der Waals surface area contributed by atoms with Crippen molar-refractivity contribution in [3.05, 3.63) is 36.5 Å². The maximum absolute atomic E-state index is 12.1. The van der Waals surface area contributed by atoms with E-state index in [4.69, 9.17) is 4.74 Å². The average molecular weight is 337 g/mol. The second-order valence-corrected chi connectivity index (χ2v) is 6.74. The van der Waals surface area contributed by atoms with Gasteiger partial charge < -0.3 is 10.1 Å². The first-order valence-corrected chi connectivity index (χ1v) is 9.00. The van der Waals surface area contributed by atoms with Gasteiger partial charge in [0.2, 0.25) is 10.0 Å². The summed E-state index contributed by atoms with van der Waals surface area (Å²) in [5, 5.41) is 3.36. The molecule has 1 heterocycles. The summed E-state index contributed by atoms with van der Waals surface area (Å²) in [5.74, 6) is 0. The quantitative estimate of drug-likeness (QED) is 0.867. The fourth-order valence-corrected chi connectivity index (χ4v) is 3.12. The number of alkyl carbamates (subject to hydrolysis) is 1. The molecule has 1 aromatic heterocycles. The van der Waals surface area contributed by atoms with Crippen molar-refractivity contribution < 1.29 is 17.9 Å². The second-order valence-electron chi connectivity index (χ2n) is 4.83. The van der Waals surface area contributed by atoms with Gasteiger partial charge in [0.1, 0.15) is 0 Å². The maximum Gasteiger partial charge on any atom is 0.407 e. The molecule has 0 aliphatic heterocycles. The van der Waals surface area contributed by atoms with Crippen molar-refractivity contribution >= 4 is 32.7 Å². The van der Waals surface area contributed by atoms with E-state index in [1.165, 1.54) is 4.31 Å². The van der Waals surface area contributed by atoms with Gasteiger partial charge in [-0.3, -0.25) is 9.29 Å². The highest BCUT2D eigenvalue weighted by Gasteiger charge is 2.20. The van der Waals surface area contributed by atoms with Gasteiger partial charge in [-0.1, -0.05) is 18.2 Å². The number of sulfonamides is 1. The Morgan fingerprint density at radius 2 is 2.04 bits per heavy atom. The van der Waals surface area contributed by atoms with E-state index in [-0.39, 0.29) is 19.7 Å². The van der Waals surface area contributed by atoms with Crippen LogP contribution < -0.4 is 9.62 Å². The van der Waals surface area contributed by atoms with E-state index in [9.17, 15) is 13.2 Å². The number of hydrogen-bond donors (Lipinski definition) is 1. The molecule has 0 atom stereocenters. The molecule has 0 saturated heterocycles. The highest BCUT2D eigenvalue weighted by Crippen LogP contribution is 2.26. The standard InChI is InChI=1S/C15H19N3O4S/c1-3-22-15(19)17-10-11-18(23(2,20)21)13-8-4-6-12-7-5-9-16-14(12)13/h4-9H,3,10-11H2,1-2H3,(H,17,19). The zero-order valence-electron chi connectivity index (χ0n) is 13.0. The number of ether oxygens (including phenoxy) is 1. The van der Waals surface area contributed by atoms with Gasteiger partial charge in [-0.25, -0.2) is 13.2 Å². The van der Waals surface area contributed by atoms with E-state index in [1.54, 1.807) is 31.3 Å². The molecule has 1 aromatic carbocycles. The van der Waals surface area contributed by atoms with E-state index in [2.05, 4.69) is 10.3 Å². The molecule has 2 aromatic rings. The summed E-state index contributed by atoms with van der Waals surface area (Å²) in [6.45, 7) is 2.18. The SMILES string of the molecule is CCOC(=O)NCCN(c1cccc2cccnc12)S(C)(=O)=O. The van der Waals surface area contributed by atoms with E-state index in [0.29, 0.717) is 11.2 Å². The van der Waals surface area contributed by atoms with Crippen molar-refractivity contribution in [1.82, 2.24) is 10.3 Å². The molecule has 0 spiro atoms. The van der Waals surface area contributed by atoms with Gasteiger partial charge in [-0.05, 0) is 19.1 Å². The van der Waals surface area contributed by atoms with Gasteiger partial charge in [-0.2, -0.15) is 0 Å². The van der Waals surface area contributed by atoms with Crippen LogP contribution in [0.2, 0.25) is 0 Å². The molecule has 23 heavy (non-hydrogen) atoms. The van der Waals surface area contributed by atoms with E-state index >= 15 is 0 Å². The van der Waals surface area contributed by atoms with Crippen LogP contribution in [0.25, 0.3) is 10.9 Å². The van der Waals surface area contributed by atoms with Crippen LogP contribution in [0.3, 0.4) is 0 Å². The van der Waals surface area contributed by atoms with Crippen LogP contribution in [0, 0.1) is 0 Å². The van der Waals surface area contributed by atoms with Gasteiger partial charge in [0.25, 0.3) is 0 Å². The number of fused-ring (bicyclic) bond motifs is 1. The average Bonchev–Trinajstić information content (AvgIpc) is 2.50. The topological polar surface area (TPSA) is 88.6 Å². The van der Waals surface area contributed by atoms with E-state index in [1.807, 2.05) is 12.1 Å². The Morgan fingerprint density at radius 1 is 1.30 bits per heavy atom. The van der Waals surface area contributed by atoms with Crippen LogP contribution in [-0.4, -0.2) is 45.4 Å². The Balaban J connectivity index is 2.27. The van der Waals surface area contributed by atoms with Crippen LogP contribution >= 0.6 is 0 Å². The summed E-state index contributed by atoms with van der Waals surface area (Å²) in [6, 6.07) is 8.99. The third kappa shape index (κ3) is 4.32. The van der Waals surface area contributed by atoms with Gasteiger partial charge >= 0.3 is 6.09 Å². The molecular formula is C15H19N3O4S. The number of carbonyl (C=O) groups excluding carboxylic acids is 1. The van der Waals surface area contributed by atoms with Crippen molar-refractivity contribution in [1.29, 1.82) is 0 Å². The third-order valence-electron chi connectivity index (χ3n) is 3.14. The number of rotatable bonds is 6. The number of anilines is 1. The van der Waals surface area contributed by atoms with Crippen molar-refractivity contribution in [2.45, 2.75) is 6.92 Å². The van der Waals surface area contributed by atoms with Crippen LogP contribution in [0.4, 0.5) is 10.5 Å². The molecule has 8 heteroatoms. The van der Waals surface area contributed by atoms with Crippen LogP contribution in [0.15, 0.2) is 36.5 Å². The van der Waals surface area contributed by atoms with Crippen molar-refractivity contribution in [2.75, 3.05) is 30.3 Å². The first-order valence-electron chi connectivity index (χ1n) is 7.15. The number of amides is 1. The second kappa shape index (κ2) is 7.28. The summed E-state index contributed by atoms with van der Waals surface area (Å²) in [4.78, 5) is 15.6. The lowest BCUT2D eigenvalue weighted by atomic mass is 10.2. The predicted octanol–water partition coefficient (Wildman–Crippen LogP) is 1.75. The van der Waals surface area contributed by atoms with Crippen LogP contribution in [-0.2, 0) is 14.8 Å². The largest absolute Gasteiger partial charge is 0.450 e. The van der Waals surface area contributed by atoms with E-state index < -0.39 is 16.1 Å². The van der Waals surface area contributed by atoms with Crippen LogP contribution in [0.5, 0.6) is 0 Å². The lowest BCUT2D eigenvalue weighted by Gasteiger charge is -2.23. The van der Waals surface area contributed by atoms with Crippen molar-refractivity contribution in [2.24, 2.45) is 0 Å². The van der Waals surface area contributed by atoms with Crippen LogP contribution in [0.1, 0.15) is 6.92 Å². The lowest BCUT2D eigenvalue weighted by Crippen LogP contribution is -2.38. The molecule has 0 saturated carbocycles. The summed E-state index contributed by atoms with van der Waals surface area (Å²) in [6.07, 6.45) is 2.17. The Bertz CT molecular complexity index is 787. The normalized spacial score (nSPS) is 11.2. The minimum atomic E-state index is -3.52. The molecule has 1 N–H and O–H groups in total. The first-order chi connectivity index (χ1) is 10.9. The maximum atomic E-state index is 12.1. The number of para-hydroxylation sites is 1. The Hall–Kier alpha value is -2.35. The van der Waals surface area contributed by atoms with E-state index in [0.717, 1.165) is 11.6 Å². The molecule has 0 bridgehead atoms. The molecular weight excluding hydrogens is 318 g/mol. The molecule has 0 fully saturated rings. The smallest absolute Gasteiger partial charge is 0.407 e. The number of benzene rings is 1. The number of nitrogens with zero attached hydrogens (tertiary/aromatic N) is 2. The minimum absolute atomic E-state index is 0.0906. The fourth-order valence-electron chi connectivity index (χ4n) is 2.20. The zero-order valence-corrected chi connectivity index (χ0v) is 13.8. The molecule has 0 unspecified atom stereocenters. The summed E-state index contributed by atoms with van der Waals surface area (Å²) >= 11 is 0. The summed E-state index contributed by atoms with van der Waals surface area (Å²) in [5.41, 5.74) is 1.08. The molecule has 1 amide bonds. The molecule has 7 nitrogen and oxygen atoms in total. The Labute approximate surface area is 135 Å². The highest BCUT2D eigenvalue weighted by molar-refractivity contribution is 7.92. The van der Waals surface area contributed by atoms with Gasteiger partial charge in [0, 0.05) is 18.1 Å². The zero-order chi connectivity index (χ0) is 16.9. The van der Waals surface area contributed by atoms with Gasteiger partial charge in [-0.15, -0.1) is 0 Å². The monoisotopic (exact) mass is 337 g/mol. The van der Waals surface area contributed by atoms with Gasteiger partial charge in [0.05, 0.1) is 30.6 Å². The first kappa shape index (κ1) is 17.0. The fraction of sp³-hybridized carbons (Fsp3) is 0.333.